The van der Waals surface area contributed by atoms with E-state index in [1.807, 2.05) is 0 Å². The van der Waals surface area contributed by atoms with Gasteiger partial charge in [-0.25, -0.2) is 9.59 Å². The van der Waals surface area contributed by atoms with E-state index in [0.29, 0.717) is 34.0 Å². The van der Waals surface area contributed by atoms with Crippen LogP contribution in [0.25, 0.3) is 0 Å². The lowest BCUT2D eigenvalue weighted by atomic mass is 9.98. The molecule has 2 aromatic rings. The lowest BCUT2D eigenvalue weighted by molar-refractivity contribution is 0.0624. The van der Waals surface area contributed by atoms with Crippen molar-refractivity contribution in [2.75, 3.05) is 24.9 Å². The molecule has 0 bridgehead atoms. The summed E-state index contributed by atoms with van der Waals surface area (Å²) in [4.78, 5) is 24.6. The van der Waals surface area contributed by atoms with Crippen LogP contribution in [0.2, 0.25) is 0 Å². The topological polar surface area (TPSA) is 115 Å². The summed E-state index contributed by atoms with van der Waals surface area (Å²) in [5.41, 5.74) is 0.0697. The van der Waals surface area contributed by atoms with Gasteiger partial charge in [-0.3, -0.25) is 10.6 Å². The molecule has 9 nitrogen and oxygen atoms in total. The molecule has 0 aliphatic rings. The van der Waals surface area contributed by atoms with Crippen LogP contribution >= 0.6 is 0 Å². The number of methoxy groups -OCH3 is 2. The molecule has 3 N–H and O–H groups in total. The number of nitrogens with one attached hydrogen (secondary N) is 2. The van der Waals surface area contributed by atoms with Crippen LogP contribution in [0.5, 0.6) is 11.5 Å². The summed E-state index contributed by atoms with van der Waals surface area (Å²) in [6.07, 6.45) is -2.54. The monoisotopic (exact) mass is 474 g/mol. The van der Waals surface area contributed by atoms with Crippen LogP contribution in [0.1, 0.15) is 58.8 Å². The van der Waals surface area contributed by atoms with E-state index in [0.717, 1.165) is 0 Å². The lowest BCUT2D eigenvalue weighted by Gasteiger charge is -2.23. The Morgan fingerprint density at radius 1 is 0.794 bits per heavy atom. The maximum Gasteiger partial charge on any atom is 0.412 e. The highest BCUT2D eigenvalue weighted by atomic mass is 16.6. The number of hydrogen-bond acceptors (Lipinski definition) is 7. The van der Waals surface area contributed by atoms with Gasteiger partial charge in [0.15, 0.2) is 0 Å². The van der Waals surface area contributed by atoms with E-state index in [9.17, 15) is 14.7 Å². The van der Waals surface area contributed by atoms with Gasteiger partial charge in [0.05, 0.1) is 19.9 Å². The first kappa shape index (κ1) is 26.8. The summed E-state index contributed by atoms with van der Waals surface area (Å²) in [5, 5.41) is 16.6. The molecule has 0 fully saturated rings. The molecular weight excluding hydrogens is 440 g/mol. The number of amides is 2. The Labute approximate surface area is 200 Å². The highest BCUT2D eigenvalue weighted by molar-refractivity contribution is 5.87. The first-order valence-corrected chi connectivity index (χ1v) is 10.8. The maximum absolute atomic E-state index is 12.4. The van der Waals surface area contributed by atoms with Crippen molar-refractivity contribution in [1.82, 2.24) is 0 Å². The third kappa shape index (κ3) is 7.84. The first-order valence-electron chi connectivity index (χ1n) is 10.8. The third-order valence-electron chi connectivity index (χ3n) is 4.36. The summed E-state index contributed by atoms with van der Waals surface area (Å²) in [5.74, 6) is 0.860. The zero-order chi connectivity index (χ0) is 25.7. The number of rotatable bonds is 6. The van der Waals surface area contributed by atoms with Crippen LogP contribution in [-0.2, 0) is 9.47 Å². The van der Waals surface area contributed by atoms with Crippen LogP contribution in [0.15, 0.2) is 36.4 Å². The Hall–Kier alpha value is -3.46. The SMILES string of the molecule is COc1ccc(NC(=O)OC(C)(C)C)c([C@H](O)c2cc(NC(=O)OC(C)(C)C)ccc2OC)c1. The first-order chi connectivity index (χ1) is 15.7. The minimum Gasteiger partial charge on any atom is -0.497 e. The number of anilines is 2. The van der Waals surface area contributed by atoms with Gasteiger partial charge in [0.2, 0.25) is 0 Å². The number of aliphatic hydroxyl groups is 1. The van der Waals surface area contributed by atoms with Gasteiger partial charge in [-0.2, -0.15) is 0 Å². The molecule has 34 heavy (non-hydrogen) atoms. The van der Waals surface area contributed by atoms with Gasteiger partial charge in [0.25, 0.3) is 0 Å². The largest absolute Gasteiger partial charge is 0.497 e. The number of hydrogen-bond donors (Lipinski definition) is 3. The molecule has 0 radical (unpaired) electrons. The Morgan fingerprint density at radius 3 is 1.91 bits per heavy atom. The van der Waals surface area contributed by atoms with Crippen molar-refractivity contribution in [3.8, 4) is 11.5 Å². The van der Waals surface area contributed by atoms with E-state index in [-0.39, 0.29) is 0 Å². The fourth-order valence-electron chi connectivity index (χ4n) is 3.04. The molecule has 9 heteroatoms. The van der Waals surface area contributed by atoms with E-state index < -0.39 is 29.5 Å². The van der Waals surface area contributed by atoms with Crippen molar-refractivity contribution in [2.45, 2.75) is 58.8 Å². The standard InChI is InChI=1S/C25H34N2O7/c1-24(2,3)33-22(29)26-15-9-12-20(32-8)18(13-15)21(28)17-14-16(31-7)10-11-19(17)27-23(30)34-25(4,5)6/h9-14,21,28H,1-8H3,(H,26,29)(H,27,30)/t21-/m0/s1. The normalized spacial score (nSPS) is 12.4. The Bertz CT molecular complexity index is 1020. The Morgan fingerprint density at radius 2 is 1.38 bits per heavy atom. The summed E-state index contributed by atoms with van der Waals surface area (Å²) in [6.45, 7) is 10.5. The molecule has 1 atom stereocenters. The van der Waals surface area contributed by atoms with E-state index >= 15 is 0 Å². The molecule has 0 spiro atoms. The lowest BCUT2D eigenvalue weighted by Crippen LogP contribution is -2.27. The summed E-state index contributed by atoms with van der Waals surface area (Å²) in [7, 11) is 2.97. The van der Waals surface area contributed by atoms with Gasteiger partial charge in [0, 0.05) is 16.8 Å². The quantitative estimate of drug-likeness (QED) is 0.508. The van der Waals surface area contributed by atoms with Crippen molar-refractivity contribution in [3.05, 3.63) is 47.5 Å². The smallest absolute Gasteiger partial charge is 0.412 e. The zero-order valence-corrected chi connectivity index (χ0v) is 20.9. The van der Waals surface area contributed by atoms with Crippen LogP contribution in [0.4, 0.5) is 21.0 Å². The van der Waals surface area contributed by atoms with Gasteiger partial charge in [0.1, 0.15) is 28.8 Å². The van der Waals surface area contributed by atoms with E-state index in [4.69, 9.17) is 18.9 Å². The molecular formula is C25H34N2O7. The highest BCUT2D eigenvalue weighted by Crippen LogP contribution is 2.37. The molecule has 0 saturated heterocycles. The second kappa shape index (κ2) is 10.6. The summed E-state index contributed by atoms with van der Waals surface area (Å²) < 4.78 is 21.4. The zero-order valence-electron chi connectivity index (χ0n) is 20.9. The molecule has 0 aromatic heterocycles. The van der Waals surface area contributed by atoms with E-state index in [2.05, 4.69) is 10.6 Å². The molecule has 0 heterocycles. The van der Waals surface area contributed by atoms with Crippen molar-refractivity contribution in [2.24, 2.45) is 0 Å². The maximum atomic E-state index is 12.4. The van der Waals surface area contributed by atoms with Crippen LogP contribution in [-0.4, -0.2) is 42.7 Å². The second-order valence-corrected chi connectivity index (χ2v) is 9.57. The van der Waals surface area contributed by atoms with Crippen LogP contribution in [0, 0.1) is 0 Å². The average molecular weight is 475 g/mol. The Kier molecular flexibility index (Phi) is 8.39. The second-order valence-electron chi connectivity index (χ2n) is 9.57. The molecule has 2 rings (SSSR count). The van der Waals surface area contributed by atoms with Crippen molar-refractivity contribution < 1.29 is 33.6 Å². The van der Waals surface area contributed by atoms with Crippen molar-refractivity contribution in [3.63, 3.8) is 0 Å². The van der Waals surface area contributed by atoms with Gasteiger partial charge in [-0.05, 0) is 77.9 Å². The fourth-order valence-corrected chi connectivity index (χ4v) is 3.04. The number of carbonyl (C=O) groups is 2. The number of ether oxygens (including phenoxy) is 4. The predicted octanol–water partition coefficient (Wildman–Crippen LogP) is 5.48. The summed E-state index contributed by atoms with van der Waals surface area (Å²) in [6, 6.07) is 9.68. The molecule has 2 aromatic carbocycles. The molecule has 0 aliphatic heterocycles. The minimum atomic E-state index is -1.24. The molecule has 0 saturated carbocycles. The predicted molar refractivity (Wildman–Crippen MR) is 130 cm³/mol. The molecule has 0 unspecified atom stereocenters. The van der Waals surface area contributed by atoms with Gasteiger partial charge < -0.3 is 24.1 Å². The van der Waals surface area contributed by atoms with Gasteiger partial charge in [-0.15, -0.1) is 0 Å². The van der Waals surface area contributed by atoms with Crippen LogP contribution < -0.4 is 20.1 Å². The Balaban J connectivity index is 2.43. The van der Waals surface area contributed by atoms with Crippen molar-refractivity contribution in [1.29, 1.82) is 0 Å². The van der Waals surface area contributed by atoms with E-state index in [1.54, 1.807) is 77.9 Å². The third-order valence-corrected chi connectivity index (χ3v) is 4.36. The molecule has 0 aliphatic carbocycles. The number of benzene rings is 2. The number of carbonyl (C=O) groups excluding carboxylic acids is 2. The fraction of sp³-hybridized carbons (Fsp3) is 0.440. The van der Waals surface area contributed by atoms with Crippen molar-refractivity contribution >= 4 is 23.6 Å². The molecule has 2 amide bonds. The van der Waals surface area contributed by atoms with Gasteiger partial charge in [-0.1, -0.05) is 0 Å². The minimum absolute atomic E-state index is 0.329. The average Bonchev–Trinajstić information content (AvgIpc) is 2.70. The van der Waals surface area contributed by atoms with Gasteiger partial charge >= 0.3 is 12.2 Å². The number of aliphatic hydroxyl groups excluding tert-OH is 1. The molecule has 186 valence electrons. The summed E-state index contributed by atoms with van der Waals surface area (Å²) >= 11 is 0. The highest BCUT2D eigenvalue weighted by Gasteiger charge is 2.24. The van der Waals surface area contributed by atoms with E-state index in [1.165, 1.54) is 14.2 Å². The van der Waals surface area contributed by atoms with Crippen LogP contribution in [0.3, 0.4) is 0 Å².